The van der Waals surface area contributed by atoms with E-state index in [1.54, 1.807) is 12.1 Å². The van der Waals surface area contributed by atoms with Crippen LogP contribution < -0.4 is 5.32 Å². The molecule has 0 unspecified atom stereocenters. The summed E-state index contributed by atoms with van der Waals surface area (Å²) in [7, 11) is 0. The molecular formula is C15H13BrClNO. The number of aryl methyl sites for hydroxylation is 1. The second-order valence-electron chi connectivity index (χ2n) is 4.12. The van der Waals surface area contributed by atoms with E-state index in [1.165, 1.54) is 0 Å². The van der Waals surface area contributed by atoms with Crippen molar-refractivity contribution < 1.29 is 4.79 Å². The summed E-state index contributed by atoms with van der Waals surface area (Å²) in [6, 6.07) is 15.1. The van der Waals surface area contributed by atoms with Crippen LogP contribution in [0.5, 0.6) is 0 Å². The summed E-state index contributed by atoms with van der Waals surface area (Å²) in [5, 5.41) is 3.37. The Balaban J connectivity index is 1.92. The lowest BCUT2D eigenvalue weighted by Crippen LogP contribution is -2.12. The van der Waals surface area contributed by atoms with Gasteiger partial charge in [0.2, 0.25) is 5.91 Å². The predicted molar refractivity (Wildman–Crippen MR) is 82.5 cm³/mol. The van der Waals surface area contributed by atoms with E-state index in [-0.39, 0.29) is 5.91 Å². The van der Waals surface area contributed by atoms with Crippen LogP contribution in [0, 0.1) is 0 Å². The molecule has 19 heavy (non-hydrogen) atoms. The third-order valence-corrected chi connectivity index (χ3v) is 3.83. The van der Waals surface area contributed by atoms with Crippen LogP contribution in [-0.2, 0) is 11.2 Å². The van der Waals surface area contributed by atoms with Gasteiger partial charge in [-0.05, 0) is 30.2 Å². The van der Waals surface area contributed by atoms with Crippen molar-refractivity contribution in [3.63, 3.8) is 0 Å². The maximum absolute atomic E-state index is 11.9. The zero-order valence-electron chi connectivity index (χ0n) is 10.2. The van der Waals surface area contributed by atoms with Gasteiger partial charge in [-0.2, -0.15) is 0 Å². The monoisotopic (exact) mass is 337 g/mol. The van der Waals surface area contributed by atoms with Crippen molar-refractivity contribution in [2.75, 3.05) is 5.32 Å². The van der Waals surface area contributed by atoms with E-state index in [9.17, 15) is 4.79 Å². The number of halogens is 2. The first-order valence-corrected chi connectivity index (χ1v) is 7.11. The minimum atomic E-state index is -0.0381. The van der Waals surface area contributed by atoms with Crippen molar-refractivity contribution in [3.05, 3.63) is 63.6 Å². The van der Waals surface area contributed by atoms with E-state index < -0.39 is 0 Å². The standard InChI is InChI=1S/C15H13BrClNO/c16-12-6-2-1-5-11(12)9-10-15(19)18-14-8-4-3-7-13(14)17/h1-8H,9-10H2,(H,18,19). The molecule has 4 heteroatoms. The Hall–Kier alpha value is -1.32. The smallest absolute Gasteiger partial charge is 0.224 e. The fraction of sp³-hybridized carbons (Fsp3) is 0.133. The van der Waals surface area contributed by atoms with E-state index in [4.69, 9.17) is 11.6 Å². The molecule has 0 aliphatic heterocycles. The van der Waals surface area contributed by atoms with Gasteiger partial charge in [-0.1, -0.05) is 57.9 Å². The maximum Gasteiger partial charge on any atom is 0.224 e. The molecule has 1 amide bonds. The zero-order valence-corrected chi connectivity index (χ0v) is 12.5. The first-order chi connectivity index (χ1) is 9.16. The SMILES string of the molecule is O=C(CCc1ccccc1Br)Nc1ccccc1Cl. The highest BCUT2D eigenvalue weighted by Gasteiger charge is 2.06. The number of rotatable bonds is 4. The third kappa shape index (κ3) is 4.08. The highest BCUT2D eigenvalue weighted by molar-refractivity contribution is 9.10. The van der Waals surface area contributed by atoms with Crippen molar-refractivity contribution in [2.45, 2.75) is 12.8 Å². The minimum Gasteiger partial charge on any atom is -0.325 e. The molecule has 0 saturated carbocycles. The van der Waals surface area contributed by atoms with Gasteiger partial charge in [0, 0.05) is 10.9 Å². The summed E-state index contributed by atoms with van der Waals surface area (Å²) < 4.78 is 1.03. The molecule has 0 bridgehead atoms. The lowest BCUT2D eigenvalue weighted by atomic mass is 10.1. The number of para-hydroxylation sites is 1. The fourth-order valence-corrected chi connectivity index (χ4v) is 2.39. The van der Waals surface area contributed by atoms with Gasteiger partial charge in [0.15, 0.2) is 0 Å². The summed E-state index contributed by atoms with van der Waals surface area (Å²) in [5.41, 5.74) is 1.78. The van der Waals surface area contributed by atoms with Crippen molar-refractivity contribution in [2.24, 2.45) is 0 Å². The van der Waals surface area contributed by atoms with Crippen LogP contribution in [0.3, 0.4) is 0 Å². The Morgan fingerprint density at radius 2 is 1.79 bits per heavy atom. The van der Waals surface area contributed by atoms with Crippen molar-refractivity contribution in [3.8, 4) is 0 Å². The molecule has 0 fully saturated rings. The molecule has 0 aromatic heterocycles. The van der Waals surface area contributed by atoms with Crippen LogP contribution in [0.1, 0.15) is 12.0 Å². The van der Waals surface area contributed by atoms with E-state index in [0.717, 1.165) is 10.0 Å². The molecule has 0 aliphatic carbocycles. The van der Waals surface area contributed by atoms with E-state index in [2.05, 4.69) is 21.2 Å². The highest BCUT2D eigenvalue weighted by Crippen LogP contribution is 2.21. The molecule has 1 N–H and O–H groups in total. The fourth-order valence-electron chi connectivity index (χ4n) is 1.72. The number of hydrogen-bond acceptors (Lipinski definition) is 1. The van der Waals surface area contributed by atoms with Crippen LogP contribution >= 0.6 is 27.5 Å². The number of anilines is 1. The van der Waals surface area contributed by atoms with Gasteiger partial charge in [-0.15, -0.1) is 0 Å². The number of hydrogen-bond donors (Lipinski definition) is 1. The molecule has 0 heterocycles. The van der Waals surface area contributed by atoms with Crippen LogP contribution in [0.4, 0.5) is 5.69 Å². The van der Waals surface area contributed by atoms with Crippen LogP contribution in [0.25, 0.3) is 0 Å². The quantitative estimate of drug-likeness (QED) is 0.862. The van der Waals surface area contributed by atoms with Gasteiger partial charge in [-0.3, -0.25) is 4.79 Å². The molecule has 2 aromatic rings. The second kappa shape index (κ2) is 6.73. The Kier molecular flexibility index (Phi) is 5.00. The number of carbonyl (C=O) groups excluding carboxylic acids is 1. The highest BCUT2D eigenvalue weighted by atomic mass is 79.9. The molecule has 2 nitrogen and oxygen atoms in total. The molecule has 0 spiro atoms. The van der Waals surface area contributed by atoms with Gasteiger partial charge in [0.25, 0.3) is 0 Å². The number of carbonyl (C=O) groups is 1. The van der Waals surface area contributed by atoms with Gasteiger partial charge in [0.05, 0.1) is 10.7 Å². The normalized spacial score (nSPS) is 10.2. The lowest BCUT2D eigenvalue weighted by molar-refractivity contribution is -0.116. The molecule has 2 rings (SSSR count). The van der Waals surface area contributed by atoms with Crippen LogP contribution in [-0.4, -0.2) is 5.91 Å². The van der Waals surface area contributed by atoms with Crippen LogP contribution in [0.2, 0.25) is 5.02 Å². The van der Waals surface area contributed by atoms with Gasteiger partial charge in [-0.25, -0.2) is 0 Å². The summed E-state index contributed by atoms with van der Waals surface area (Å²) in [6.07, 6.45) is 1.12. The van der Waals surface area contributed by atoms with E-state index in [0.29, 0.717) is 23.6 Å². The minimum absolute atomic E-state index is 0.0381. The maximum atomic E-state index is 11.9. The average Bonchev–Trinajstić information content (AvgIpc) is 2.40. The van der Waals surface area contributed by atoms with Crippen molar-refractivity contribution >= 4 is 39.1 Å². The van der Waals surface area contributed by atoms with Crippen LogP contribution in [0.15, 0.2) is 53.0 Å². The predicted octanol–water partition coefficient (Wildman–Crippen LogP) is 4.67. The number of amides is 1. The van der Waals surface area contributed by atoms with Crippen molar-refractivity contribution in [1.29, 1.82) is 0 Å². The Morgan fingerprint density at radius 3 is 2.53 bits per heavy atom. The summed E-state index contributed by atoms with van der Waals surface area (Å²) in [6.45, 7) is 0. The molecule has 0 radical (unpaired) electrons. The first-order valence-electron chi connectivity index (χ1n) is 5.94. The van der Waals surface area contributed by atoms with Crippen molar-refractivity contribution in [1.82, 2.24) is 0 Å². The Labute approximate surface area is 125 Å². The Morgan fingerprint density at radius 1 is 1.11 bits per heavy atom. The summed E-state index contributed by atoms with van der Waals surface area (Å²) in [4.78, 5) is 11.9. The first kappa shape index (κ1) is 14.1. The summed E-state index contributed by atoms with van der Waals surface area (Å²) >= 11 is 9.46. The lowest BCUT2D eigenvalue weighted by Gasteiger charge is -2.07. The zero-order chi connectivity index (χ0) is 13.7. The topological polar surface area (TPSA) is 29.1 Å². The second-order valence-corrected chi connectivity index (χ2v) is 5.38. The Bertz CT molecular complexity index is 586. The van der Waals surface area contributed by atoms with E-state index >= 15 is 0 Å². The molecule has 0 saturated heterocycles. The molecule has 0 atom stereocenters. The number of benzene rings is 2. The number of nitrogens with one attached hydrogen (secondary N) is 1. The molecule has 2 aromatic carbocycles. The average molecular weight is 339 g/mol. The summed E-state index contributed by atoms with van der Waals surface area (Å²) in [5.74, 6) is -0.0381. The van der Waals surface area contributed by atoms with Gasteiger partial charge in [0.1, 0.15) is 0 Å². The largest absolute Gasteiger partial charge is 0.325 e. The molecule has 0 aliphatic rings. The molecular weight excluding hydrogens is 326 g/mol. The van der Waals surface area contributed by atoms with Gasteiger partial charge < -0.3 is 5.32 Å². The van der Waals surface area contributed by atoms with Gasteiger partial charge >= 0.3 is 0 Å². The third-order valence-electron chi connectivity index (χ3n) is 2.73. The molecule has 98 valence electrons. The van der Waals surface area contributed by atoms with E-state index in [1.807, 2.05) is 36.4 Å².